The van der Waals surface area contributed by atoms with Gasteiger partial charge in [0.05, 0.1) is 0 Å². The minimum Gasteiger partial charge on any atom is -1.00 e. The lowest BCUT2D eigenvalue weighted by atomic mass is 10.3. The zero-order chi connectivity index (χ0) is 17.4. The second-order valence-corrected chi connectivity index (χ2v) is 4.59. The van der Waals surface area contributed by atoms with E-state index >= 15 is 0 Å². The zero-order valence-electron chi connectivity index (χ0n) is 13.8. The van der Waals surface area contributed by atoms with Gasteiger partial charge in [-0.25, -0.2) is 4.58 Å². The van der Waals surface area contributed by atoms with Gasteiger partial charge in [0, 0.05) is 19.3 Å². The van der Waals surface area contributed by atoms with Gasteiger partial charge in [-0.15, -0.1) is 0 Å². The molecule has 3 nitrogen and oxygen atoms in total. The first-order valence-corrected chi connectivity index (χ1v) is 7.23. The Morgan fingerprint density at radius 3 is 1.83 bits per heavy atom. The number of hydrogen-bond acceptors (Lipinski definition) is 2. The first kappa shape index (κ1) is 24.6. The van der Waals surface area contributed by atoms with Crippen molar-refractivity contribution in [3.05, 3.63) is 12.0 Å². The molecule has 0 aromatic carbocycles. The van der Waals surface area contributed by atoms with E-state index < -0.39 is 18.7 Å². The molecule has 0 saturated heterocycles. The highest BCUT2D eigenvalue weighted by Gasteiger charge is 2.58. The van der Waals surface area contributed by atoms with Gasteiger partial charge in [-0.1, -0.05) is 0 Å². The molecule has 0 aromatic heterocycles. The smallest absolute Gasteiger partial charge is 0.456 e. The Morgan fingerprint density at radius 2 is 1.48 bits per heavy atom. The van der Waals surface area contributed by atoms with E-state index in [1.165, 1.54) is 12.4 Å². The summed E-state index contributed by atoms with van der Waals surface area (Å²) in [6.07, 6.45) is -2.72. The lowest BCUT2D eigenvalue weighted by molar-refractivity contribution is -0.516. The van der Waals surface area contributed by atoms with E-state index in [4.69, 9.17) is 4.74 Å². The van der Waals surface area contributed by atoms with Crippen molar-refractivity contribution < 1.29 is 55.2 Å². The van der Waals surface area contributed by atoms with Gasteiger partial charge in [0.15, 0.2) is 12.4 Å². The van der Waals surface area contributed by atoms with Crippen LogP contribution in [0.25, 0.3) is 0 Å². The van der Waals surface area contributed by atoms with Crippen LogP contribution in [-0.4, -0.2) is 60.6 Å². The van der Waals surface area contributed by atoms with E-state index in [0.29, 0.717) is 26.2 Å². The number of rotatable bonds is 9. The van der Waals surface area contributed by atoms with Crippen molar-refractivity contribution in [3.8, 4) is 0 Å². The molecule has 0 aliphatic rings. The molecule has 0 aromatic rings. The van der Waals surface area contributed by atoms with Crippen molar-refractivity contribution in [2.75, 3.05) is 32.8 Å². The summed E-state index contributed by atoms with van der Waals surface area (Å²) in [7, 11) is 0. The fraction of sp³-hybridized carbons (Fsp3) is 0.786. The highest BCUT2D eigenvalue weighted by atomic mass is 127. The molecule has 0 unspecified atom stereocenters. The molecule has 23 heavy (non-hydrogen) atoms. The van der Waals surface area contributed by atoms with Gasteiger partial charge in [0.1, 0.15) is 13.1 Å². The number of hydrogen-bond donors (Lipinski definition) is 0. The third-order valence-corrected chi connectivity index (χ3v) is 3.08. The summed E-state index contributed by atoms with van der Waals surface area (Å²) in [5.41, 5.74) is 0. The molecule has 9 heteroatoms. The summed E-state index contributed by atoms with van der Waals surface area (Å²) in [5, 5.41) is 0. The Bertz CT molecular complexity index is 387. The zero-order valence-corrected chi connectivity index (χ0v) is 15.9. The molecule has 138 valence electrons. The van der Waals surface area contributed by atoms with Crippen molar-refractivity contribution in [2.24, 2.45) is 0 Å². The molecule has 0 bridgehead atoms. The Morgan fingerprint density at radius 1 is 1.00 bits per heavy atom. The standard InChI is InChI=1S/C14H24F5N2O.HI/c1-5-20(6-2)9-12(10-21(7-3)8-4)22-11-13(15,16)14(17,18)19;/h9-10H,5-8,11H2,1-4H3;1H/q+1;/p-1. The van der Waals surface area contributed by atoms with Gasteiger partial charge in [0.25, 0.3) is 0 Å². The normalized spacial score (nSPS) is 12.5. The van der Waals surface area contributed by atoms with E-state index in [1.54, 1.807) is 9.48 Å². The van der Waals surface area contributed by atoms with Gasteiger partial charge in [-0.3, -0.25) is 0 Å². The minimum absolute atomic E-state index is 0. The van der Waals surface area contributed by atoms with Gasteiger partial charge in [0.2, 0.25) is 6.21 Å². The third kappa shape index (κ3) is 8.71. The first-order chi connectivity index (χ1) is 10.1. The Hall–Kier alpha value is -0.610. The number of ether oxygens (including phenoxy) is 1. The summed E-state index contributed by atoms with van der Waals surface area (Å²) in [6.45, 7) is 8.01. The molecular formula is C14H24F5IN2O. The molecule has 0 aliphatic heterocycles. The summed E-state index contributed by atoms with van der Waals surface area (Å²) < 4.78 is 69.0. The van der Waals surface area contributed by atoms with E-state index in [1.807, 2.05) is 27.7 Å². The van der Waals surface area contributed by atoms with Crippen molar-refractivity contribution in [2.45, 2.75) is 39.8 Å². The van der Waals surface area contributed by atoms with Crippen LogP contribution in [0.1, 0.15) is 27.7 Å². The van der Waals surface area contributed by atoms with Crippen LogP contribution >= 0.6 is 0 Å². The number of alkyl halides is 5. The van der Waals surface area contributed by atoms with Crippen LogP contribution in [0.15, 0.2) is 12.0 Å². The summed E-state index contributed by atoms with van der Waals surface area (Å²) in [4.78, 5) is 1.75. The maximum absolute atomic E-state index is 13.0. The molecule has 0 amide bonds. The van der Waals surface area contributed by atoms with Crippen LogP contribution in [0.3, 0.4) is 0 Å². The average molecular weight is 458 g/mol. The van der Waals surface area contributed by atoms with E-state index in [-0.39, 0.29) is 29.7 Å². The maximum atomic E-state index is 13.0. The SMILES string of the molecule is CCN(/C=C(/C=[N+](CC)CC)OCC(F)(F)C(F)(F)F)CC.[I-]. The predicted octanol–water partition coefficient (Wildman–Crippen LogP) is 0.511. The highest BCUT2D eigenvalue weighted by Crippen LogP contribution is 2.35. The summed E-state index contributed by atoms with van der Waals surface area (Å²) in [6, 6.07) is 0. The fourth-order valence-corrected chi connectivity index (χ4v) is 1.54. The van der Waals surface area contributed by atoms with Crippen LogP contribution < -0.4 is 24.0 Å². The Labute approximate surface area is 151 Å². The van der Waals surface area contributed by atoms with Gasteiger partial charge in [-0.05, 0) is 27.7 Å². The molecule has 0 saturated carbocycles. The average Bonchev–Trinajstić information content (AvgIpc) is 2.45. The topological polar surface area (TPSA) is 15.5 Å². The molecule has 0 atom stereocenters. The van der Waals surface area contributed by atoms with E-state index in [2.05, 4.69) is 0 Å². The Balaban J connectivity index is 0. The van der Waals surface area contributed by atoms with Crippen molar-refractivity contribution in [1.29, 1.82) is 0 Å². The summed E-state index contributed by atoms with van der Waals surface area (Å²) >= 11 is 0. The van der Waals surface area contributed by atoms with E-state index in [9.17, 15) is 22.0 Å². The van der Waals surface area contributed by atoms with Crippen LogP contribution in [-0.2, 0) is 4.74 Å². The molecule has 0 heterocycles. The number of allylic oxidation sites excluding steroid dienone is 1. The van der Waals surface area contributed by atoms with Crippen LogP contribution in [0.2, 0.25) is 0 Å². The summed E-state index contributed by atoms with van der Waals surface area (Å²) in [5.74, 6) is -4.90. The Kier molecular flexibility index (Phi) is 11.8. The second kappa shape index (κ2) is 11.0. The van der Waals surface area contributed by atoms with Crippen molar-refractivity contribution in [1.82, 2.24) is 4.90 Å². The molecule has 0 radical (unpaired) electrons. The molecule has 0 spiro atoms. The fourth-order valence-electron chi connectivity index (χ4n) is 1.54. The number of nitrogens with zero attached hydrogens (tertiary/aromatic N) is 2. The maximum Gasteiger partial charge on any atom is 0.456 e. The monoisotopic (exact) mass is 458 g/mol. The van der Waals surface area contributed by atoms with E-state index in [0.717, 1.165) is 0 Å². The second-order valence-electron chi connectivity index (χ2n) is 4.59. The molecule has 0 N–H and O–H groups in total. The van der Waals surface area contributed by atoms with Crippen LogP contribution in [0, 0.1) is 0 Å². The molecule has 0 fully saturated rings. The third-order valence-electron chi connectivity index (χ3n) is 3.08. The van der Waals surface area contributed by atoms with Crippen molar-refractivity contribution >= 4 is 6.21 Å². The lowest BCUT2D eigenvalue weighted by Gasteiger charge is -2.21. The van der Waals surface area contributed by atoms with Gasteiger partial charge < -0.3 is 33.6 Å². The molecular weight excluding hydrogens is 434 g/mol. The quantitative estimate of drug-likeness (QED) is 0.165. The molecule has 0 aliphatic carbocycles. The van der Waals surface area contributed by atoms with Crippen LogP contribution in [0.5, 0.6) is 0 Å². The lowest BCUT2D eigenvalue weighted by Crippen LogP contribution is -3.00. The van der Waals surface area contributed by atoms with Gasteiger partial charge >= 0.3 is 12.1 Å². The molecule has 0 rings (SSSR count). The predicted molar refractivity (Wildman–Crippen MR) is 75.4 cm³/mol. The van der Waals surface area contributed by atoms with Gasteiger partial charge in [-0.2, -0.15) is 22.0 Å². The van der Waals surface area contributed by atoms with Crippen molar-refractivity contribution in [3.63, 3.8) is 0 Å². The minimum atomic E-state index is -5.62. The number of halogens is 6. The highest BCUT2D eigenvalue weighted by molar-refractivity contribution is 5.71. The first-order valence-electron chi connectivity index (χ1n) is 7.23. The van der Waals surface area contributed by atoms with Crippen LogP contribution in [0.4, 0.5) is 22.0 Å². The largest absolute Gasteiger partial charge is 1.00 e.